The lowest BCUT2D eigenvalue weighted by molar-refractivity contribution is 0.123. The molecule has 0 spiro atoms. The number of hydrogen-bond donors (Lipinski definition) is 0. The van der Waals surface area contributed by atoms with Crippen LogP contribution in [-0.4, -0.2) is 56.2 Å². The molecule has 9 heteroatoms. The number of aromatic nitrogens is 2. The topological polar surface area (TPSA) is 75.6 Å². The summed E-state index contributed by atoms with van der Waals surface area (Å²) in [6.07, 6.45) is 1.21. The number of halogens is 1. The molecule has 2 aromatic rings. The minimum absolute atomic E-state index is 0.195. The van der Waals surface area contributed by atoms with Gasteiger partial charge in [0.05, 0.1) is 11.4 Å². The van der Waals surface area contributed by atoms with Gasteiger partial charge in [0.1, 0.15) is 6.10 Å². The van der Waals surface area contributed by atoms with Crippen LogP contribution in [0.3, 0.4) is 0 Å². The minimum atomic E-state index is -3.60. The lowest BCUT2D eigenvalue weighted by Crippen LogP contribution is -2.44. The summed E-state index contributed by atoms with van der Waals surface area (Å²) in [4.78, 5) is 2.04. The lowest BCUT2D eigenvalue weighted by Gasteiger charge is -2.31. The molecule has 2 heterocycles. The maximum Gasteiger partial charge on any atom is 0.243 e. The lowest BCUT2D eigenvalue weighted by atomic mass is 10.1. The van der Waals surface area contributed by atoms with Crippen molar-refractivity contribution in [1.29, 1.82) is 0 Å². The molecule has 7 nitrogen and oxygen atoms in total. The quantitative estimate of drug-likeness (QED) is 0.772. The Morgan fingerprint density at radius 2 is 2.04 bits per heavy atom. The van der Waals surface area contributed by atoms with E-state index in [1.54, 1.807) is 24.3 Å². The summed E-state index contributed by atoms with van der Waals surface area (Å²) < 4.78 is 33.0. The average Bonchev–Trinajstić information content (AvgIpc) is 2.62. The molecule has 3 rings (SSSR count). The van der Waals surface area contributed by atoms with Crippen molar-refractivity contribution >= 4 is 27.4 Å². The van der Waals surface area contributed by atoms with Crippen LogP contribution in [0.15, 0.2) is 41.3 Å². The normalized spacial score (nSPS) is 18.5. The fourth-order valence-corrected chi connectivity index (χ4v) is 4.59. The van der Waals surface area contributed by atoms with Crippen LogP contribution in [0.5, 0.6) is 5.88 Å². The largest absolute Gasteiger partial charge is 0.472 e. The molecule has 1 aliphatic heterocycles. The first-order valence-corrected chi connectivity index (χ1v) is 10.1. The van der Waals surface area contributed by atoms with Gasteiger partial charge in [0.15, 0.2) is 5.82 Å². The molecule has 1 aromatic heterocycles. The summed E-state index contributed by atoms with van der Waals surface area (Å²) >= 11 is 5.93. The van der Waals surface area contributed by atoms with Gasteiger partial charge in [-0.1, -0.05) is 17.7 Å². The maximum absolute atomic E-state index is 12.8. The molecule has 1 aliphatic rings. The highest BCUT2D eigenvalue weighted by Gasteiger charge is 2.31. The monoisotopic (exact) mass is 396 g/mol. The van der Waals surface area contributed by atoms with Gasteiger partial charge in [-0.2, -0.15) is 4.31 Å². The van der Waals surface area contributed by atoms with Crippen LogP contribution < -0.4 is 9.64 Å². The Bertz CT molecular complexity index is 859. The number of hydrogen-bond acceptors (Lipinski definition) is 6. The van der Waals surface area contributed by atoms with Crippen LogP contribution >= 0.6 is 11.6 Å². The molecule has 0 saturated carbocycles. The molecule has 1 unspecified atom stereocenters. The van der Waals surface area contributed by atoms with Crippen molar-refractivity contribution in [2.24, 2.45) is 0 Å². The smallest absolute Gasteiger partial charge is 0.243 e. The molecule has 140 valence electrons. The average molecular weight is 397 g/mol. The third-order valence-electron chi connectivity index (χ3n) is 4.15. The second-order valence-corrected chi connectivity index (χ2v) is 8.70. The number of sulfonamides is 1. The highest BCUT2D eigenvalue weighted by molar-refractivity contribution is 7.89. The predicted molar refractivity (Wildman–Crippen MR) is 100 cm³/mol. The van der Waals surface area contributed by atoms with Gasteiger partial charge in [-0.05, 0) is 37.1 Å². The highest BCUT2D eigenvalue weighted by Crippen LogP contribution is 2.24. The summed E-state index contributed by atoms with van der Waals surface area (Å²) in [7, 11) is 0.157. The van der Waals surface area contributed by atoms with Crippen LogP contribution in [0.2, 0.25) is 5.02 Å². The van der Waals surface area contributed by atoms with E-state index in [-0.39, 0.29) is 17.5 Å². The van der Waals surface area contributed by atoms with E-state index >= 15 is 0 Å². The molecule has 1 atom stereocenters. The molecule has 1 fully saturated rings. The number of nitrogens with zero attached hydrogens (tertiary/aromatic N) is 4. The van der Waals surface area contributed by atoms with Crippen molar-refractivity contribution in [3.8, 4) is 5.88 Å². The summed E-state index contributed by atoms with van der Waals surface area (Å²) in [6, 6.07) is 9.86. The van der Waals surface area contributed by atoms with Crippen molar-refractivity contribution in [3.05, 3.63) is 41.4 Å². The molecule has 0 radical (unpaired) electrons. The van der Waals surface area contributed by atoms with Gasteiger partial charge >= 0.3 is 0 Å². The molecule has 26 heavy (non-hydrogen) atoms. The summed E-state index contributed by atoms with van der Waals surface area (Å²) in [5.74, 6) is 1.12. The van der Waals surface area contributed by atoms with Crippen LogP contribution in [0.25, 0.3) is 0 Å². The number of piperidine rings is 1. The predicted octanol–water partition coefficient (Wildman–Crippen LogP) is 2.43. The van der Waals surface area contributed by atoms with E-state index in [0.717, 1.165) is 12.2 Å². The van der Waals surface area contributed by atoms with Gasteiger partial charge in [-0.3, -0.25) is 0 Å². The number of anilines is 1. The van der Waals surface area contributed by atoms with Gasteiger partial charge in [0, 0.05) is 31.7 Å². The Morgan fingerprint density at radius 1 is 1.23 bits per heavy atom. The summed E-state index contributed by atoms with van der Waals surface area (Å²) in [6.45, 7) is 0.728. The van der Waals surface area contributed by atoms with Crippen molar-refractivity contribution in [2.45, 2.75) is 23.8 Å². The Balaban J connectivity index is 1.71. The Kier molecular flexibility index (Phi) is 5.64. The molecule has 0 bridgehead atoms. The van der Waals surface area contributed by atoms with E-state index < -0.39 is 10.0 Å². The molecule has 0 amide bonds. The van der Waals surface area contributed by atoms with E-state index in [1.807, 2.05) is 25.1 Å². The summed E-state index contributed by atoms with van der Waals surface area (Å²) in [5, 5.41) is 8.52. The van der Waals surface area contributed by atoms with Crippen LogP contribution in [-0.2, 0) is 10.0 Å². The van der Waals surface area contributed by atoms with E-state index in [9.17, 15) is 8.42 Å². The van der Waals surface area contributed by atoms with E-state index in [2.05, 4.69) is 10.2 Å². The molecule has 1 aromatic carbocycles. The third kappa shape index (κ3) is 4.25. The molecule has 1 saturated heterocycles. The van der Waals surface area contributed by atoms with Crippen LogP contribution in [0.1, 0.15) is 12.8 Å². The summed E-state index contributed by atoms with van der Waals surface area (Å²) in [5.41, 5.74) is 0. The van der Waals surface area contributed by atoms with Gasteiger partial charge in [-0.15, -0.1) is 10.2 Å². The first-order chi connectivity index (χ1) is 12.4. The first-order valence-electron chi connectivity index (χ1n) is 8.30. The minimum Gasteiger partial charge on any atom is -0.472 e. The first kappa shape index (κ1) is 18.9. The van der Waals surface area contributed by atoms with Gasteiger partial charge in [0.2, 0.25) is 15.9 Å². The second-order valence-electron chi connectivity index (χ2n) is 6.33. The Hall–Kier alpha value is -1.90. The number of ether oxygens (including phenoxy) is 1. The van der Waals surface area contributed by atoms with Crippen molar-refractivity contribution in [3.63, 3.8) is 0 Å². The van der Waals surface area contributed by atoms with E-state index in [0.29, 0.717) is 23.9 Å². The van der Waals surface area contributed by atoms with E-state index in [4.69, 9.17) is 16.3 Å². The highest BCUT2D eigenvalue weighted by atomic mass is 35.5. The zero-order chi connectivity index (χ0) is 18.7. The van der Waals surface area contributed by atoms with Crippen molar-refractivity contribution in [1.82, 2.24) is 14.5 Å². The second kappa shape index (κ2) is 7.77. The zero-order valence-electron chi connectivity index (χ0n) is 14.7. The van der Waals surface area contributed by atoms with Crippen molar-refractivity contribution < 1.29 is 13.2 Å². The number of benzene rings is 1. The molecule has 0 N–H and O–H groups in total. The van der Waals surface area contributed by atoms with Crippen molar-refractivity contribution in [2.75, 3.05) is 32.1 Å². The molecular weight excluding hydrogens is 376 g/mol. The Labute approximate surface area is 158 Å². The molecule has 0 aliphatic carbocycles. The van der Waals surface area contributed by atoms with Crippen LogP contribution in [0, 0.1) is 0 Å². The standard InChI is InChI=1S/C17H21ClN4O3S/c1-21(2)16-8-9-17(20-19-16)25-14-6-4-10-22(12-14)26(23,24)15-7-3-5-13(18)11-15/h3,5,7-9,11,14H,4,6,10,12H2,1-2H3. The van der Waals surface area contributed by atoms with Gasteiger partial charge < -0.3 is 9.64 Å². The fraction of sp³-hybridized carbons (Fsp3) is 0.412. The fourth-order valence-electron chi connectivity index (χ4n) is 2.78. The van der Waals surface area contributed by atoms with Gasteiger partial charge in [0.25, 0.3) is 0 Å². The van der Waals surface area contributed by atoms with Gasteiger partial charge in [-0.25, -0.2) is 8.42 Å². The SMILES string of the molecule is CN(C)c1ccc(OC2CCCN(S(=O)(=O)c3cccc(Cl)c3)C2)nn1. The number of rotatable bonds is 5. The molecular formula is C17H21ClN4O3S. The third-order valence-corrected chi connectivity index (χ3v) is 6.24. The van der Waals surface area contributed by atoms with Crippen LogP contribution in [0.4, 0.5) is 5.82 Å². The Morgan fingerprint density at radius 3 is 2.69 bits per heavy atom. The van der Waals surface area contributed by atoms with E-state index in [1.165, 1.54) is 10.4 Å². The maximum atomic E-state index is 12.8. The zero-order valence-corrected chi connectivity index (χ0v) is 16.2.